The number of amides is 2. The van der Waals surface area contributed by atoms with Crippen LogP contribution in [0.25, 0.3) is 16.2 Å². The number of anilines is 1. The fourth-order valence-corrected chi connectivity index (χ4v) is 4.62. The van der Waals surface area contributed by atoms with Crippen LogP contribution in [-0.2, 0) is 14.6 Å². The third-order valence-electron chi connectivity index (χ3n) is 4.98. The van der Waals surface area contributed by atoms with Crippen LogP contribution >= 0.6 is 11.3 Å². The third kappa shape index (κ3) is 5.85. The predicted molar refractivity (Wildman–Crippen MR) is 129 cm³/mol. The number of imidazole rings is 1. The van der Waals surface area contributed by atoms with Crippen molar-refractivity contribution in [2.24, 2.45) is 0 Å². The van der Waals surface area contributed by atoms with E-state index >= 15 is 0 Å². The van der Waals surface area contributed by atoms with E-state index < -0.39 is 27.7 Å². The van der Waals surface area contributed by atoms with Crippen LogP contribution in [0.5, 0.6) is 0 Å². The van der Waals surface area contributed by atoms with Gasteiger partial charge in [-0.1, -0.05) is 30.3 Å². The van der Waals surface area contributed by atoms with Gasteiger partial charge in [-0.2, -0.15) is 0 Å². The first-order valence-electron chi connectivity index (χ1n) is 10.2. The number of nitrogens with zero attached hydrogens (tertiary/aromatic N) is 2. The molecule has 2 heterocycles. The minimum Gasteiger partial charge on any atom is -0.340 e. The lowest BCUT2D eigenvalue weighted by Crippen LogP contribution is -2.44. The number of aromatic nitrogens is 2. The minimum atomic E-state index is -3.31. The molecule has 2 amide bonds. The second kappa shape index (κ2) is 9.55. The third-order valence-corrected chi connectivity index (χ3v) is 6.72. The summed E-state index contributed by atoms with van der Waals surface area (Å²) in [6.07, 6.45) is 4.93. The molecule has 0 aliphatic rings. The molecular formula is C23H22N4O4S2. The largest absolute Gasteiger partial charge is 0.340 e. The van der Waals surface area contributed by atoms with Gasteiger partial charge >= 0.3 is 0 Å². The number of sulfone groups is 1. The number of rotatable bonds is 8. The molecule has 0 fully saturated rings. The number of hydrogen-bond donors (Lipinski definition) is 2. The Morgan fingerprint density at radius 3 is 2.48 bits per heavy atom. The first-order chi connectivity index (χ1) is 15.8. The van der Waals surface area contributed by atoms with Crippen LogP contribution in [0.3, 0.4) is 0 Å². The van der Waals surface area contributed by atoms with Gasteiger partial charge in [0, 0.05) is 40.8 Å². The molecule has 2 aromatic heterocycles. The molecule has 33 heavy (non-hydrogen) atoms. The molecule has 1 atom stereocenters. The zero-order valence-corrected chi connectivity index (χ0v) is 19.4. The van der Waals surface area contributed by atoms with E-state index in [2.05, 4.69) is 15.6 Å². The first kappa shape index (κ1) is 22.7. The highest BCUT2D eigenvalue weighted by atomic mass is 32.2. The maximum Gasteiger partial charge on any atom is 0.251 e. The van der Waals surface area contributed by atoms with Crippen molar-refractivity contribution in [2.45, 2.75) is 12.5 Å². The molecule has 2 N–H and O–H groups in total. The van der Waals surface area contributed by atoms with Crippen LogP contribution in [0.2, 0.25) is 0 Å². The Bertz CT molecular complexity index is 1350. The molecule has 2 aromatic carbocycles. The number of carbonyl (C=O) groups excluding carboxylic acids is 2. The summed E-state index contributed by atoms with van der Waals surface area (Å²) < 4.78 is 25.2. The van der Waals surface area contributed by atoms with Crippen molar-refractivity contribution in [3.8, 4) is 11.3 Å². The Labute approximate surface area is 195 Å². The first-order valence-corrected chi connectivity index (χ1v) is 13.1. The maximum absolute atomic E-state index is 12.9. The van der Waals surface area contributed by atoms with E-state index in [1.807, 2.05) is 34.3 Å². The summed E-state index contributed by atoms with van der Waals surface area (Å²) in [6.45, 7) is 0. The molecule has 0 saturated carbocycles. The van der Waals surface area contributed by atoms with Gasteiger partial charge in [0.05, 0.1) is 11.4 Å². The molecule has 8 nitrogen and oxygen atoms in total. The van der Waals surface area contributed by atoms with Gasteiger partial charge in [-0.3, -0.25) is 14.0 Å². The SMILES string of the molecule is CS(=O)(=O)CC[C@H](NC(=O)c1ccccc1)C(=O)Nc1ccc(-c2cn3ccsc3n2)cc1. The number of hydrogen-bond acceptors (Lipinski definition) is 6. The Morgan fingerprint density at radius 1 is 1.09 bits per heavy atom. The number of thiazole rings is 1. The molecule has 4 rings (SSSR count). The van der Waals surface area contributed by atoms with Crippen molar-refractivity contribution in [3.63, 3.8) is 0 Å². The van der Waals surface area contributed by atoms with E-state index in [1.165, 1.54) is 0 Å². The van der Waals surface area contributed by atoms with Crippen LogP contribution in [0.4, 0.5) is 5.69 Å². The molecule has 170 valence electrons. The van der Waals surface area contributed by atoms with Crippen LogP contribution < -0.4 is 10.6 Å². The summed E-state index contributed by atoms with van der Waals surface area (Å²) in [5, 5.41) is 7.37. The van der Waals surface area contributed by atoms with Crippen molar-refractivity contribution in [2.75, 3.05) is 17.3 Å². The van der Waals surface area contributed by atoms with Crippen molar-refractivity contribution < 1.29 is 18.0 Å². The molecule has 0 saturated heterocycles. The Hall–Kier alpha value is -3.50. The van der Waals surface area contributed by atoms with Gasteiger partial charge in [0.1, 0.15) is 15.9 Å². The molecule has 0 radical (unpaired) electrons. The van der Waals surface area contributed by atoms with Crippen molar-refractivity contribution in [3.05, 3.63) is 77.9 Å². The smallest absolute Gasteiger partial charge is 0.251 e. The van der Waals surface area contributed by atoms with Crippen LogP contribution in [0.15, 0.2) is 72.4 Å². The van der Waals surface area contributed by atoms with Gasteiger partial charge in [-0.15, -0.1) is 11.3 Å². The molecule has 0 aliphatic heterocycles. The lowest BCUT2D eigenvalue weighted by Gasteiger charge is -2.18. The van der Waals surface area contributed by atoms with Gasteiger partial charge in [-0.25, -0.2) is 13.4 Å². The van der Waals surface area contributed by atoms with E-state index in [-0.39, 0.29) is 12.2 Å². The molecule has 0 unspecified atom stereocenters. The summed E-state index contributed by atoms with van der Waals surface area (Å²) in [6, 6.07) is 14.6. The minimum absolute atomic E-state index is 0.0350. The average molecular weight is 483 g/mol. The van der Waals surface area contributed by atoms with E-state index in [1.54, 1.807) is 53.8 Å². The molecule has 0 spiro atoms. The van der Waals surface area contributed by atoms with Crippen molar-refractivity contribution in [1.82, 2.24) is 14.7 Å². The maximum atomic E-state index is 12.9. The summed E-state index contributed by atoms with van der Waals surface area (Å²) in [5.74, 6) is -1.16. The Balaban J connectivity index is 1.46. The standard InChI is InChI=1S/C23H22N4O4S2/c1-33(30,31)14-11-19(25-21(28)17-5-3-2-4-6-17)22(29)24-18-9-7-16(8-10-18)20-15-27-12-13-32-23(27)26-20/h2-10,12-13,15,19H,11,14H2,1H3,(H,24,29)(H,25,28)/t19-/m0/s1. The lowest BCUT2D eigenvalue weighted by molar-refractivity contribution is -0.118. The zero-order valence-electron chi connectivity index (χ0n) is 17.8. The quantitative estimate of drug-likeness (QED) is 0.401. The van der Waals surface area contributed by atoms with Gasteiger partial charge in [-0.05, 0) is 30.7 Å². The highest BCUT2D eigenvalue weighted by Gasteiger charge is 2.23. The highest BCUT2D eigenvalue weighted by Crippen LogP contribution is 2.23. The van der Waals surface area contributed by atoms with Crippen molar-refractivity contribution in [1.29, 1.82) is 0 Å². The molecule has 4 aromatic rings. The van der Waals surface area contributed by atoms with Gasteiger partial charge in [0.15, 0.2) is 4.96 Å². The fourth-order valence-electron chi connectivity index (χ4n) is 3.25. The molecule has 0 bridgehead atoms. The average Bonchev–Trinajstić information content (AvgIpc) is 3.39. The summed E-state index contributed by atoms with van der Waals surface area (Å²) in [5.41, 5.74) is 2.64. The summed E-state index contributed by atoms with van der Waals surface area (Å²) >= 11 is 1.54. The lowest BCUT2D eigenvalue weighted by atomic mass is 10.1. The second-order valence-corrected chi connectivity index (χ2v) is 10.7. The predicted octanol–water partition coefficient (Wildman–Crippen LogP) is 3.23. The monoisotopic (exact) mass is 482 g/mol. The second-order valence-electron chi connectivity index (χ2n) is 7.60. The van der Waals surface area contributed by atoms with Gasteiger partial charge in [0.25, 0.3) is 5.91 Å². The normalized spacial score (nSPS) is 12.4. The molecular weight excluding hydrogens is 460 g/mol. The van der Waals surface area contributed by atoms with E-state index in [0.717, 1.165) is 22.5 Å². The number of fused-ring (bicyclic) bond motifs is 1. The Morgan fingerprint density at radius 2 is 1.82 bits per heavy atom. The highest BCUT2D eigenvalue weighted by molar-refractivity contribution is 7.90. The fraction of sp³-hybridized carbons (Fsp3) is 0.174. The van der Waals surface area contributed by atoms with Crippen LogP contribution in [0.1, 0.15) is 16.8 Å². The summed E-state index contributed by atoms with van der Waals surface area (Å²) in [7, 11) is -3.31. The molecule has 0 aliphatic carbocycles. The van der Waals surface area contributed by atoms with Gasteiger partial charge in [0.2, 0.25) is 5.91 Å². The zero-order chi connectivity index (χ0) is 23.4. The molecule has 10 heteroatoms. The van der Waals surface area contributed by atoms with Crippen molar-refractivity contribution >= 4 is 43.6 Å². The van der Waals surface area contributed by atoms with E-state index in [0.29, 0.717) is 11.3 Å². The van der Waals surface area contributed by atoms with E-state index in [9.17, 15) is 18.0 Å². The van der Waals surface area contributed by atoms with E-state index in [4.69, 9.17) is 0 Å². The topological polar surface area (TPSA) is 110 Å². The Kier molecular flexibility index (Phi) is 6.57. The van der Waals surface area contributed by atoms with Crippen LogP contribution in [-0.4, -0.2) is 47.7 Å². The number of nitrogens with one attached hydrogen (secondary N) is 2. The van der Waals surface area contributed by atoms with Gasteiger partial charge < -0.3 is 10.6 Å². The number of carbonyl (C=O) groups is 2. The van der Waals surface area contributed by atoms with Crippen LogP contribution in [0, 0.1) is 0 Å². The number of benzene rings is 2. The summed E-state index contributed by atoms with van der Waals surface area (Å²) in [4.78, 5) is 30.9.